The number of aliphatic hydroxyl groups is 1. The van der Waals surface area contributed by atoms with Crippen molar-refractivity contribution in [2.75, 3.05) is 26.2 Å². The van der Waals surface area contributed by atoms with E-state index in [4.69, 9.17) is 10.5 Å². The van der Waals surface area contributed by atoms with E-state index in [0.717, 1.165) is 0 Å². The van der Waals surface area contributed by atoms with Crippen LogP contribution in [0.1, 0.15) is 24.3 Å². The van der Waals surface area contributed by atoms with Crippen LogP contribution in [0.2, 0.25) is 0 Å². The van der Waals surface area contributed by atoms with E-state index in [1.54, 1.807) is 15.8 Å². The summed E-state index contributed by atoms with van der Waals surface area (Å²) in [5, 5.41) is 17.0. The zero-order chi connectivity index (χ0) is 14.8. The summed E-state index contributed by atoms with van der Waals surface area (Å²) in [6, 6.07) is 0. The maximum absolute atomic E-state index is 12.4. The largest absolute Gasteiger partial charge is 0.394 e. The first-order chi connectivity index (χ1) is 9.45. The molecule has 1 aliphatic rings. The van der Waals surface area contributed by atoms with Gasteiger partial charge in [-0.15, -0.1) is 5.10 Å². The molecule has 0 aromatic carbocycles. The SMILES string of the molecule is CC1(C)CN(C(=O)c2cn(CCN)nn2)CC(CO)O1. The number of rotatable bonds is 4. The van der Waals surface area contributed by atoms with Gasteiger partial charge in [0, 0.05) is 19.6 Å². The molecule has 8 heteroatoms. The van der Waals surface area contributed by atoms with E-state index in [0.29, 0.717) is 26.2 Å². The molecule has 1 saturated heterocycles. The maximum Gasteiger partial charge on any atom is 0.276 e. The Hall–Kier alpha value is -1.51. The number of aromatic nitrogens is 3. The van der Waals surface area contributed by atoms with Gasteiger partial charge in [0.15, 0.2) is 5.69 Å². The molecule has 20 heavy (non-hydrogen) atoms. The van der Waals surface area contributed by atoms with E-state index < -0.39 is 5.60 Å². The second-order valence-corrected chi connectivity index (χ2v) is 5.52. The third kappa shape index (κ3) is 3.33. The molecule has 3 N–H and O–H groups in total. The molecule has 8 nitrogen and oxygen atoms in total. The van der Waals surface area contributed by atoms with Crippen LogP contribution in [-0.4, -0.2) is 68.9 Å². The Morgan fingerprint density at radius 2 is 2.40 bits per heavy atom. The zero-order valence-corrected chi connectivity index (χ0v) is 11.8. The highest BCUT2D eigenvalue weighted by Gasteiger charge is 2.36. The quantitative estimate of drug-likeness (QED) is 0.722. The molecule has 1 aliphatic heterocycles. The summed E-state index contributed by atoms with van der Waals surface area (Å²) in [7, 11) is 0. The minimum Gasteiger partial charge on any atom is -0.394 e. The van der Waals surface area contributed by atoms with E-state index in [9.17, 15) is 9.90 Å². The molecule has 1 unspecified atom stereocenters. The molecule has 1 atom stereocenters. The lowest BCUT2D eigenvalue weighted by atomic mass is 10.0. The topological polar surface area (TPSA) is 107 Å². The van der Waals surface area contributed by atoms with E-state index >= 15 is 0 Å². The van der Waals surface area contributed by atoms with Crippen molar-refractivity contribution in [3.63, 3.8) is 0 Å². The molecule has 2 rings (SSSR count). The Morgan fingerprint density at radius 3 is 3.05 bits per heavy atom. The lowest BCUT2D eigenvalue weighted by Crippen LogP contribution is -2.55. The van der Waals surface area contributed by atoms with Crippen molar-refractivity contribution in [3.05, 3.63) is 11.9 Å². The normalized spacial score (nSPS) is 22.0. The maximum atomic E-state index is 12.4. The van der Waals surface area contributed by atoms with Gasteiger partial charge in [0.1, 0.15) is 0 Å². The standard InChI is InChI=1S/C12H21N5O3/c1-12(2)8-16(5-9(7-18)20-12)11(19)10-6-17(4-3-13)15-14-10/h6,9,18H,3-5,7-8,13H2,1-2H3. The minimum atomic E-state index is -0.492. The first kappa shape index (κ1) is 14.9. The number of ether oxygens (including phenoxy) is 1. The summed E-state index contributed by atoms with van der Waals surface area (Å²) in [6.45, 7) is 5.42. The molecule has 1 aromatic heterocycles. The van der Waals surface area contributed by atoms with Crippen molar-refractivity contribution < 1.29 is 14.6 Å². The van der Waals surface area contributed by atoms with Gasteiger partial charge in [-0.2, -0.15) is 0 Å². The summed E-state index contributed by atoms with van der Waals surface area (Å²) in [6.07, 6.45) is 1.22. The van der Waals surface area contributed by atoms with Gasteiger partial charge < -0.3 is 20.5 Å². The van der Waals surface area contributed by atoms with Crippen molar-refractivity contribution >= 4 is 5.91 Å². The Labute approximate surface area is 117 Å². The minimum absolute atomic E-state index is 0.118. The van der Waals surface area contributed by atoms with Crippen LogP contribution in [0.25, 0.3) is 0 Å². The number of morpholine rings is 1. The second-order valence-electron chi connectivity index (χ2n) is 5.52. The van der Waals surface area contributed by atoms with Gasteiger partial charge in [-0.1, -0.05) is 5.21 Å². The first-order valence-corrected chi connectivity index (χ1v) is 6.63. The van der Waals surface area contributed by atoms with E-state index in [-0.39, 0.29) is 24.3 Å². The Morgan fingerprint density at radius 1 is 1.65 bits per heavy atom. The summed E-state index contributed by atoms with van der Waals surface area (Å²) < 4.78 is 7.23. The smallest absolute Gasteiger partial charge is 0.276 e. The van der Waals surface area contributed by atoms with Gasteiger partial charge in [0.05, 0.1) is 31.1 Å². The molecule has 0 spiro atoms. The van der Waals surface area contributed by atoms with Crippen LogP contribution in [-0.2, 0) is 11.3 Å². The molecular formula is C12H21N5O3. The van der Waals surface area contributed by atoms with E-state index in [1.165, 1.54) is 0 Å². The monoisotopic (exact) mass is 283 g/mol. The number of hydrogen-bond donors (Lipinski definition) is 2. The molecule has 1 amide bonds. The summed E-state index contributed by atoms with van der Waals surface area (Å²) in [5.74, 6) is -0.205. The fourth-order valence-electron chi connectivity index (χ4n) is 2.35. The first-order valence-electron chi connectivity index (χ1n) is 6.63. The lowest BCUT2D eigenvalue weighted by Gasteiger charge is -2.41. The Bertz CT molecular complexity index is 473. The molecule has 2 heterocycles. The van der Waals surface area contributed by atoms with Crippen LogP contribution >= 0.6 is 0 Å². The second kappa shape index (κ2) is 5.86. The van der Waals surface area contributed by atoms with Crippen LogP contribution in [0.4, 0.5) is 0 Å². The number of nitrogens with two attached hydrogens (primary N) is 1. The summed E-state index contributed by atoms with van der Waals surface area (Å²) in [4.78, 5) is 14.0. The van der Waals surface area contributed by atoms with Gasteiger partial charge in [0.25, 0.3) is 5.91 Å². The van der Waals surface area contributed by atoms with Gasteiger partial charge in [-0.05, 0) is 13.8 Å². The highest BCUT2D eigenvalue weighted by molar-refractivity contribution is 5.92. The number of hydrogen-bond acceptors (Lipinski definition) is 6. The molecule has 0 saturated carbocycles. The van der Waals surface area contributed by atoms with Crippen LogP contribution in [0, 0.1) is 0 Å². The number of carbonyl (C=O) groups excluding carboxylic acids is 1. The third-order valence-electron chi connectivity index (χ3n) is 3.09. The number of carbonyl (C=O) groups is 1. The van der Waals surface area contributed by atoms with Crippen molar-refractivity contribution in [2.24, 2.45) is 5.73 Å². The van der Waals surface area contributed by atoms with Crippen LogP contribution in [0.15, 0.2) is 6.20 Å². The van der Waals surface area contributed by atoms with E-state index in [2.05, 4.69) is 10.3 Å². The van der Waals surface area contributed by atoms with Crippen LogP contribution < -0.4 is 5.73 Å². The molecule has 1 aromatic rings. The predicted molar refractivity (Wildman–Crippen MR) is 71.0 cm³/mol. The average Bonchev–Trinajstić information content (AvgIpc) is 2.85. The van der Waals surface area contributed by atoms with Crippen molar-refractivity contribution in [3.8, 4) is 0 Å². The fraction of sp³-hybridized carbons (Fsp3) is 0.750. The number of aliphatic hydroxyl groups excluding tert-OH is 1. The summed E-state index contributed by atoms with van der Waals surface area (Å²) >= 11 is 0. The molecule has 1 fully saturated rings. The van der Waals surface area contributed by atoms with Crippen molar-refractivity contribution in [1.82, 2.24) is 19.9 Å². The fourth-order valence-corrected chi connectivity index (χ4v) is 2.35. The molecule has 112 valence electrons. The van der Waals surface area contributed by atoms with Gasteiger partial charge in [-0.25, -0.2) is 0 Å². The predicted octanol–water partition coefficient (Wildman–Crippen LogP) is -1.15. The average molecular weight is 283 g/mol. The van der Waals surface area contributed by atoms with Crippen LogP contribution in [0.5, 0.6) is 0 Å². The lowest BCUT2D eigenvalue weighted by molar-refractivity contribution is -0.139. The van der Waals surface area contributed by atoms with Gasteiger partial charge >= 0.3 is 0 Å². The Balaban J connectivity index is 2.10. The summed E-state index contributed by atoms with van der Waals surface area (Å²) in [5.41, 5.74) is 5.23. The molecular weight excluding hydrogens is 262 g/mol. The zero-order valence-electron chi connectivity index (χ0n) is 11.8. The molecule has 0 radical (unpaired) electrons. The highest BCUT2D eigenvalue weighted by atomic mass is 16.5. The van der Waals surface area contributed by atoms with Crippen LogP contribution in [0.3, 0.4) is 0 Å². The molecule has 0 aliphatic carbocycles. The van der Waals surface area contributed by atoms with E-state index in [1.807, 2.05) is 13.8 Å². The molecule has 0 bridgehead atoms. The Kier molecular flexibility index (Phi) is 4.36. The number of nitrogens with zero attached hydrogens (tertiary/aromatic N) is 4. The van der Waals surface area contributed by atoms with Gasteiger partial charge in [0.2, 0.25) is 0 Å². The highest BCUT2D eigenvalue weighted by Crippen LogP contribution is 2.21. The van der Waals surface area contributed by atoms with Crippen molar-refractivity contribution in [2.45, 2.75) is 32.1 Å². The third-order valence-corrected chi connectivity index (χ3v) is 3.09. The van der Waals surface area contributed by atoms with Gasteiger partial charge in [-0.3, -0.25) is 9.48 Å². The van der Waals surface area contributed by atoms with Crippen molar-refractivity contribution in [1.29, 1.82) is 0 Å². The number of amides is 1.